The molecular formula is C47H62N2O15S. The van der Waals surface area contributed by atoms with E-state index in [1.54, 1.807) is 33.8 Å². The van der Waals surface area contributed by atoms with Gasteiger partial charge in [-0.3, -0.25) is 28.6 Å². The van der Waals surface area contributed by atoms with E-state index in [1.165, 1.54) is 50.3 Å². The van der Waals surface area contributed by atoms with Crippen molar-refractivity contribution in [3.05, 3.63) is 59.3 Å². The molecule has 4 aliphatic carbocycles. The Morgan fingerprint density at radius 3 is 2.35 bits per heavy atom. The number of nitrogens with zero attached hydrogens (tertiary/aromatic N) is 2. The molecule has 0 amide bonds. The zero-order valence-electron chi connectivity index (χ0n) is 38.6. The lowest BCUT2D eigenvalue weighted by Crippen LogP contribution is -2.65. The first-order valence-electron chi connectivity index (χ1n) is 22.1. The van der Waals surface area contributed by atoms with Gasteiger partial charge in [0.2, 0.25) is 0 Å². The van der Waals surface area contributed by atoms with Gasteiger partial charge in [0.05, 0.1) is 29.4 Å². The molecule has 9 atom stereocenters. The van der Waals surface area contributed by atoms with Crippen molar-refractivity contribution in [2.24, 2.45) is 39.4 Å². The molecule has 0 radical (unpaired) electrons. The van der Waals surface area contributed by atoms with Gasteiger partial charge in [0.25, 0.3) is 9.84 Å². The first-order valence-corrected chi connectivity index (χ1v) is 23.6. The van der Waals surface area contributed by atoms with Crippen molar-refractivity contribution in [1.82, 2.24) is 5.16 Å². The summed E-state index contributed by atoms with van der Waals surface area (Å²) in [6, 6.07) is 7.24. The summed E-state index contributed by atoms with van der Waals surface area (Å²) in [6.45, 7) is 15.2. The quantitative estimate of drug-likeness (QED) is 0.0713. The first kappa shape index (κ1) is 49.6. The maximum Gasteiger partial charge on any atom is 0.414 e. The summed E-state index contributed by atoms with van der Waals surface area (Å²) in [5, 5.41) is 38.3. The molecule has 1 heterocycles. The van der Waals surface area contributed by atoms with E-state index in [0.717, 1.165) is 5.57 Å². The average Bonchev–Trinajstić information content (AvgIpc) is 3.71. The van der Waals surface area contributed by atoms with Gasteiger partial charge < -0.3 is 34.4 Å². The summed E-state index contributed by atoms with van der Waals surface area (Å²) in [7, 11) is -4.31. The van der Waals surface area contributed by atoms with Crippen molar-refractivity contribution < 1.29 is 71.1 Å². The number of aromatic nitrogens is 2. The number of Topliss-reactive ketones (excluding diaryl/α,β-unsaturated/α-hetero) is 2. The molecule has 3 fully saturated rings. The Labute approximate surface area is 379 Å². The van der Waals surface area contributed by atoms with Crippen LogP contribution in [0.15, 0.2) is 68.7 Å². The van der Waals surface area contributed by atoms with Crippen LogP contribution in [-0.2, 0) is 48.0 Å². The maximum absolute atomic E-state index is 14.9. The number of sulfone groups is 1. The van der Waals surface area contributed by atoms with E-state index in [9.17, 15) is 47.8 Å². The zero-order chi connectivity index (χ0) is 48.1. The van der Waals surface area contributed by atoms with Crippen LogP contribution in [0.3, 0.4) is 0 Å². The van der Waals surface area contributed by atoms with Gasteiger partial charge in [-0.1, -0.05) is 50.6 Å². The van der Waals surface area contributed by atoms with Crippen molar-refractivity contribution in [2.45, 2.75) is 141 Å². The molecule has 0 saturated heterocycles. The molecule has 356 valence electrons. The van der Waals surface area contributed by atoms with E-state index in [4.69, 9.17) is 18.9 Å². The van der Waals surface area contributed by atoms with E-state index in [0.29, 0.717) is 12.8 Å². The number of carbonyl (C=O) groups excluding carboxylic acids is 5. The normalized spacial score (nSPS) is 30.7. The Bertz CT molecular complexity index is 2370. The molecule has 0 bridgehead atoms. The monoisotopic (exact) mass is 926 g/mol. The molecule has 2 aromatic rings. The van der Waals surface area contributed by atoms with Gasteiger partial charge in [0, 0.05) is 49.5 Å². The highest BCUT2D eigenvalue weighted by atomic mass is 32.2. The highest BCUT2D eigenvalue weighted by molar-refractivity contribution is 7.91. The van der Waals surface area contributed by atoms with E-state index >= 15 is 0 Å². The van der Waals surface area contributed by atoms with Crippen LogP contribution in [0.25, 0.3) is 0 Å². The Balaban J connectivity index is 1.15. The fourth-order valence-corrected chi connectivity index (χ4v) is 13.0. The molecule has 0 unspecified atom stereocenters. The summed E-state index contributed by atoms with van der Waals surface area (Å²) in [5.41, 5.74) is -6.01. The van der Waals surface area contributed by atoms with Crippen molar-refractivity contribution in [3.63, 3.8) is 0 Å². The van der Waals surface area contributed by atoms with Crippen LogP contribution in [-0.4, -0.2) is 96.3 Å². The summed E-state index contributed by atoms with van der Waals surface area (Å²) >= 11 is 0. The number of esters is 2. The topological polar surface area (TPSA) is 250 Å². The minimum Gasteiger partial charge on any atom is -0.466 e. The molecule has 3 saturated carbocycles. The first-order chi connectivity index (χ1) is 30.2. The summed E-state index contributed by atoms with van der Waals surface area (Å²) in [4.78, 5) is 66.4. The number of benzene rings is 1. The van der Waals surface area contributed by atoms with Crippen molar-refractivity contribution in [1.29, 1.82) is 0 Å². The lowest BCUT2D eigenvalue weighted by atomic mass is 9.38. The van der Waals surface area contributed by atoms with Gasteiger partial charge in [-0.05, 0) is 112 Å². The van der Waals surface area contributed by atoms with E-state index < -0.39 is 95.4 Å². The smallest absolute Gasteiger partial charge is 0.414 e. The van der Waals surface area contributed by atoms with Crippen molar-refractivity contribution in [2.75, 3.05) is 19.8 Å². The van der Waals surface area contributed by atoms with Gasteiger partial charge in [0.15, 0.2) is 11.6 Å². The number of ketones is 3. The third-order valence-electron chi connectivity index (χ3n) is 15.0. The molecule has 17 nitrogen and oxygen atoms in total. The molecule has 1 aromatic carbocycles. The second-order valence-electron chi connectivity index (χ2n) is 20.0. The fourth-order valence-electron chi connectivity index (χ4n) is 11.7. The van der Waals surface area contributed by atoms with Crippen molar-refractivity contribution >= 4 is 39.1 Å². The second kappa shape index (κ2) is 17.8. The molecule has 6 rings (SSSR count). The fraction of sp³-hybridized carbons (Fsp3) is 0.638. The Hall–Kier alpha value is -4.78. The molecule has 1 aromatic heterocycles. The van der Waals surface area contributed by atoms with Gasteiger partial charge in [-0.15, -0.1) is 0 Å². The number of allylic oxidation sites excluding steroid dienone is 2. The van der Waals surface area contributed by atoms with Crippen molar-refractivity contribution in [3.8, 4) is 5.88 Å². The predicted octanol–water partition coefficient (Wildman–Crippen LogP) is 4.77. The van der Waals surface area contributed by atoms with Gasteiger partial charge in [-0.2, -0.15) is 0 Å². The van der Waals surface area contributed by atoms with Crippen LogP contribution < -0.4 is 9.64 Å². The number of rotatable bonds is 17. The van der Waals surface area contributed by atoms with Gasteiger partial charge in [-0.25, -0.2) is 8.42 Å². The van der Waals surface area contributed by atoms with Gasteiger partial charge in [0.1, 0.15) is 23.1 Å². The van der Waals surface area contributed by atoms with Crippen LogP contribution in [0.4, 0.5) is 0 Å². The number of hydrogen-bond donors (Lipinski definition) is 2. The number of hydrogen-bond acceptors (Lipinski definition) is 16. The minimum atomic E-state index is -4.31. The molecule has 65 heavy (non-hydrogen) atoms. The van der Waals surface area contributed by atoms with Crippen LogP contribution in [0.5, 0.6) is 5.88 Å². The largest absolute Gasteiger partial charge is 0.466 e. The van der Waals surface area contributed by atoms with E-state index in [-0.39, 0.29) is 79.2 Å². The molecular weight excluding hydrogens is 865 g/mol. The average molecular weight is 927 g/mol. The third kappa shape index (κ3) is 8.83. The zero-order valence-corrected chi connectivity index (χ0v) is 39.4. The summed E-state index contributed by atoms with van der Waals surface area (Å²) in [6.07, 6.45) is 3.88. The third-order valence-corrected chi connectivity index (χ3v) is 16.8. The van der Waals surface area contributed by atoms with Crippen LogP contribution in [0.1, 0.15) is 107 Å². The number of aliphatic hydroxyl groups excluding tert-OH is 1. The minimum absolute atomic E-state index is 0.00486. The van der Waals surface area contributed by atoms with Gasteiger partial charge >= 0.3 is 22.8 Å². The standard InChI is InChI=1S/C47H62N2O15S/c1-28(50)63-42(2,3)21-20-35(52)47(9,56)38-33(26-44(6)34-19-18-30-31(25-32(51)39(55)43(30,4)5)46(34,8)36(53)27-45(38,44)7)60-22-13-17-37(54)61-23-14-24-62-40-41(49(57)64-48-40)65(58,59)29-15-11-10-12-16-29/h10-12,15-16,18,20-21,31-34,38,51,56H,13-14,17,19,22-27H2,1-9H3/b21-20+/t31-,32+,33-,34+,38+,44+,45-,46+,47+/m1/s1. The van der Waals surface area contributed by atoms with Crippen LogP contribution in [0, 0.1) is 44.6 Å². The molecule has 0 aliphatic heterocycles. The van der Waals surface area contributed by atoms with Crippen LogP contribution >= 0.6 is 0 Å². The number of carbonyl (C=O) groups is 5. The number of fused-ring (bicyclic) bond motifs is 5. The number of ether oxygens (including phenoxy) is 4. The SMILES string of the molecule is CC(=O)OC(C)(C)/C=C/C(=O)[C@](C)(O)[C@H]1[C@H](OCCCC(=O)OCCCOc2no[n+]([O-])c2S(=O)(=O)c2ccccc2)C[C@@]2(C)[C@@H]3CC=C4[C@@H](C[C@H](O)C(=O)C4(C)C)[C@]3(C)C(=O)C[C@]12C. The maximum atomic E-state index is 14.9. The lowest BCUT2D eigenvalue weighted by Gasteiger charge is -2.64. The Morgan fingerprint density at radius 2 is 1.69 bits per heavy atom. The molecule has 0 spiro atoms. The van der Waals surface area contributed by atoms with E-state index in [2.05, 4.69) is 22.8 Å². The molecule has 2 N–H and O–H groups in total. The van der Waals surface area contributed by atoms with E-state index in [1.807, 2.05) is 13.8 Å². The highest BCUT2D eigenvalue weighted by Crippen LogP contribution is 2.74. The molecule has 4 aliphatic rings. The lowest BCUT2D eigenvalue weighted by molar-refractivity contribution is -0.832. The second-order valence-corrected chi connectivity index (χ2v) is 21.8. The summed E-state index contributed by atoms with van der Waals surface area (Å²) < 4.78 is 53.2. The Kier molecular flexibility index (Phi) is 13.6. The number of aliphatic hydroxyl groups is 2. The molecule has 18 heteroatoms. The highest BCUT2D eigenvalue weighted by Gasteiger charge is 2.75. The predicted molar refractivity (Wildman–Crippen MR) is 229 cm³/mol. The van der Waals surface area contributed by atoms with Crippen LogP contribution in [0.2, 0.25) is 0 Å². The summed E-state index contributed by atoms with van der Waals surface area (Å²) in [5.74, 6) is -4.28. The Morgan fingerprint density at radius 1 is 1.02 bits per heavy atom.